The molecule has 1 aliphatic rings. The van der Waals surface area contributed by atoms with E-state index in [-0.39, 0.29) is 0 Å². The summed E-state index contributed by atoms with van der Waals surface area (Å²) in [5.41, 5.74) is 0. The van der Waals surface area contributed by atoms with Crippen LogP contribution in [0.15, 0.2) is 6.20 Å². The Hall–Kier alpha value is -0.410. The molecule has 0 aromatic carbocycles. The van der Waals surface area contributed by atoms with E-state index in [1.54, 1.807) is 0 Å². The quantitative estimate of drug-likeness (QED) is 0.828. The molecule has 1 aliphatic heterocycles. The molecule has 2 nitrogen and oxygen atoms in total. The van der Waals surface area contributed by atoms with Crippen LogP contribution in [0.5, 0.6) is 0 Å². The maximum atomic E-state index is 4.49. The highest BCUT2D eigenvalue weighted by atomic mass is 32.1. The van der Waals surface area contributed by atoms with E-state index in [0.717, 1.165) is 5.92 Å². The fraction of sp³-hybridized carbons (Fsp3) is 0.727. The monoisotopic (exact) mass is 210 g/mol. The van der Waals surface area contributed by atoms with Crippen molar-refractivity contribution in [3.8, 4) is 0 Å². The van der Waals surface area contributed by atoms with Crippen molar-refractivity contribution in [2.24, 2.45) is 5.92 Å². The summed E-state index contributed by atoms with van der Waals surface area (Å²) in [5.74, 6) is 1.45. The molecule has 2 heterocycles. The molecule has 0 spiro atoms. The van der Waals surface area contributed by atoms with Gasteiger partial charge in [-0.3, -0.25) is 0 Å². The molecule has 1 atom stereocenters. The molecule has 0 aliphatic carbocycles. The zero-order valence-corrected chi connectivity index (χ0v) is 9.73. The second-order valence-corrected chi connectivity index (χ2v) is 5.52. The average Bonchev–Trinajstić information content (AvgIpc) is 2.75. The zero-order chi connectivity index (χ0) is 9.97. The van der Waals surface area contributed by atoms with Crippen molar-refractivity contribution in [1.82, 2.24) is 10.3 Å². The third-order valence-corrected chi connectivity index (χ3v) is 4.09. The van der Waals surface area contributed by atoms with E-state index in [4.69, 9.17) is 0 Å². The van der Waals surface area contributed by atoms with Gasteiger partial charge < -0.3 is 5.32 Å². The summed E-state index contributed by atoms with van der Waals surface area (Å²) >= 11 is 1.89. The fourth-order valence-electron chi connectivity index (χ4n) is 1.82. The summed E-state index contributed by atoms with van der Waals surface area (Å²) in [5, 5.41) is 4.72. The minimum Gasteiger partial charge on any atom is -0.316 e. The number of hydrogen-bond acceptors (Lipinski definition) is 3. The largest absolute Gasteiger partial charge is 0.316 e. The van der Waals surface area contributed by atoms with E-state index in [0.29, 0.717) is 5.92 Å². The van der Waals surface area contributed by atoms with Gasteiger partial charge in [0.1, 0.15) is 0 Å². The maximum Gasteiger partial charge on any atom is 0.0931 e. The van der Waals surface area contributed by atoms with Crippen LogP contribution in [0.2, 0.25) is 0 Å². The molecule has 1 unspecified atom stereocenters. The van der Waals surface area contributed by atoms with Crippen LogP contribution in [0.1, 0.15) is 36.1 Å². The van der Waals surface area contributed by atoms with E-state index in [2.05, 4.69) is 24.1 Å². The normalized spacial score (nSPS) is 22.1. The van der Waals surface area contributed by atoms with E-state index >= 15 is 0 Å². The van der Waals surface area contributed by atoms with Gasteiger partial charge in [-0.25, -0.2) is 4.98 Å². The topological polar surface area (TPSA) is 24.9 Å². The van der Waals surface area contributed by atoms with Gasteiger partial charge in [0, 0.05) is 17.5 Å². The summed E-state index contributed by atoms with van der Waals surface area (Å²) in [7, 11) is 0. The third kappa shape index (κ3) is 2.34. The molecule has 1 aromatic heterocycles. The van der Waals surface area contributed by atoms with Gasteiger partial charge in [0.2, 0.25) is 0 Å². The van der Waals surface area contributed by atoms with E-state index < -0.39 is 0 Å². The zero-order valence-electron chi connectivity index (χ0n) is 8.92. The predicted octanol–water partition coefficient (Wildman–Crippen LogP) is 2.42. The summed E-state index contributed by atoms with van der Waals surface area (Å²) in [6.07, 6.45) is 4.54. The van der Waals surface area contributed by atoms with Crippen molar-refractivity contribution >= 4 is 11.3 Å². The molecule has 2 rings (SSSR count). The van der Waals surface area contributed by atoms with Crippen LogP contribution in [0.25, 0.3) is 0 Å². The molecule has 1 N–H and O–H groups in total. The molecule has 1 saturated heterocycles. The molecule has 0 radical (unpaired) electrons. The van der Waals surface area contributed by atoms with Gasteiger partial charge in [-0.2, -0.15) is 0 Å². The lowest BCUT2D eigenvalue weighted by molar-refractivity contribution is 0.578. The Labute approximate surface area is 89.8 Å². The van der Waals surface area contributed by atoms with E-state index in [1.807, 2.05) is 17.5 Å². The number of nitrogens with one attached hydrogen (secondary N) is 1. The summed E-state index contributed by atoms with van der Waals surface area (Å²) in [6.45, 7) is 6.83. The van der Waals surface area contributed by atoms with Gasteiger partial charge in [0.15, 0.2) is 0 Å². The van der Waals surface area contributed by atoms with Crippen molar-refractivity contribution < 1.29 is 0 Å². The van der Waals surface area contributed by atoms with Gasteiger partial charge in [-0.05, 0) is 31.3 Å². The first-order valence-corrected chi connectivity index (χ1v) is 6.22. The highest BCUT2D eigenvalue weighted by Gasteiger charge is 2.16. The minimum atomic E-state index is 0.628. The first-order valence-electron chi connectivity index (χ1n) is 5.41. The van der Waals surface area contributed by atoms with E-state index in [9.17, 15) is 0 Å². The van der Waals surface area contributed by atoms with Crippen molar-refractivity contribution in [3.05, 3.63) is 16.1 Å². The molecule has 1 aromatic rings. The highest BCUT2D eigenvalue weighted by Crippen LogP contribution is 2.24. The van der Waals surface area contributed by atoms with E-state index in [1.165, 1.54) is 35.8 Å². The molecule has 14 heavy (non-hydrogen) atoms. The first kappa shape index (κ1) is 10.1. The Bertz CT molecular complexity index is 287. The molecule has 78 valence electrons. The SMILES string of the molecule is CC(C)c1cnc(CC2CCNC2)s1. The van der Waals surface area contributed by atoms with Crippen molar-refractivity contribution in [1.29, 1.82) is 0 Å². The molecule has 0 bridgehead atoms. The molecular weight excluding hydrogens is 192 g/mol. The Balaban J connectivity index is 1.95. The fourth-order valence-corrected chi connectivity index (χ4v) is 2.86. The molecule has 1 fully saturated rings. The van der Waals surface area contributed by atoms with Crippen LogP contribution in [-0.2, 0) is 6.42 Å². The molecular formula is C11H18N2S. The number of aromatic nitrogens is 1. The summed E-state index contributed by atoms with van der Waals surface area (Å²) < 4.78 is 0. The second-order valence-electron chi connectivity index (χ2n) is 4.37. The summed E-state index contributed by atoms with van der Waals surface area (Å²) in [6, 6.07) is 0. The van der Waals surface area contributed by atoms with Crippen LogP contribution in [0.3, 0.4) is 0 Å². The van der Waals surface area contributed by atoms with Crippen LogP contribution >= 0.6 is 11.3 Å². The van der Waals surface area contributed by atoms with Crippen molar-refractivity contribution in [2.45, 2.75) is 32.6 Å². The number of rotatable bonds is 3. The lowest BCUT2D eigenvalue weighted by Gasteiger charge is -2.03. The second kappa shape index (κ2) is 4.41. The molecule has 0 saturated carbocycles. The molecule has 0 amide bonds. The Morgan fingerprint density at radius 1 is 1.64 bits per heavy atom. The number of hydrogen-bond donors (Lipinski definition) is 1. The lowest BCUT2D eigenvalue weighted by Crippen LogP contribution is -2.10. The van der Waals surface area contributed by atoms with Gasteiger partial charge in [0.25, 0.3) is 0 Å². The van der Waals surface area contributed by atoms with Crippen LogP contribution in [0.4, 0.5) is 0 Å². The van der Waals surface area contributed by atoms with Crippen molar-refractivity contribution in [3.63, 3.8) is 0 Å². The van der Waals surface area contributed by atoms with Crippen LogP contribution in [0, 0.1) is 5.92 Å². The Morgan fingerprint density at radius 2 is 2.50 bits per heavy atom. The standard InChI is InChI=1S/C11H18N2S/c1-8(2)10-7-13-11(14-10)5-9-3-4-12-6-9/h7-9,12H,3-6H2,1-2H3. The maximum absolute atomic E-state index is 4.49. The molecule has 3 heteroatoms. The summed E-state index contributed by atoms with van der Waals surface area (Å²) in [4.78, 5) is 5.91. The first-order chi connectivity index (χ1) is 6.75. The minimum absolute atomic E-state index is 0.628. The van der Waals surface area contributed by atoms with Crippen LogP contribution in [-0.4, -0.2) is 18.1 Å². The van der Waals surface area contributed by atoms with Crippen LogP contribution < -0.4 is 5.32 Å². The predicted molar refractivity (Wildman–Crippen MR) is 60.9 cm³/mol. The lowest BCUT2D eigenvalue weighted by atomic mass is 10.1. The average molecular weight is 210 g/mol. The third-order valence-electron chi connectivity index (χ3n) is 2.77. The van der Waals surface area contributed by atoms with Gasteiger partial charge in [0.05, 0.1) is 5.01 Å². The van der Waals surface area contributed by atoms with Crippen molar-refractivity contribution in [2.75, 3.05) is 13.1 Å². The Morgan fingerprint density at radius 3 is 3.07 bits per heavy atom. The van der Waals surface area contributed by atoms with Gasteiger partial charge >= 0.3 is 0 Å². The smallest absolute Gasteiger partial charge is 0.0931 e. The number of nitrogens with zero attached hydrogens (tertiary/aromatic N) is 1. The highest BCUT2D eigenvalue weighted by molar-refractivity contribution is 7.11. The van der Waals surface area contributed by atoms with Gasteiger partial charge in [-0.1, -0.05) is 13.8 Å². The Kier molecular flexibility index (Phi) is 3.19. The number of thiazole rings is 1. The van der Waals surface area contributed by atoms with Gasteiger partial charge in [-0.15, -0.1) is 11.3 Å².